The van der Waals surface area contributed by atoms with Gasteiger partial charge in [-0.3, -0.25) is 4.79 Å². The second-order valence-corrected chi connectivity index (χ2v) is 7.07. The highest BCUT2D eigenvalue weighted by Crippen LogP contribution is 2.27. The standard InChI is InChI=1S/C18H15FN4O3S/c19-11-4-1-5-12(10-11)23-16(14-7-3-9-27-14)20-15(21-23)17(24)22-8-2-6-13(22)18(25)26/h1,3-5,7,9-10,13H,2,6,8H2,(H,25,26)/t13-/m1/s1. The third kappa shape index (κ3) is 3.21. The topological polar surface area (TPSA) is 88.3 Å². The summed E-state index contributed by atoms with van der Waals surface area (Å²) in [6, 6.07) is 8.63. The number of benzene rings is 1. The van der Waals surface area contributed by atoms with Crippen LogP contribution >= 0.6 is 11.3 Å². The molecule has 0 radical (unpaired) electrons. The Labute approximate surface area is 157 Å². The first-order valence-corrected chi connectivity index (χ1v) is 9.23. The minimum absolute atomic E-state index is 0.101. The van der Waals surface area contributed by atoms with Crippen LogP contribution in [0.1, 0.15) is 23.5 Å². The number of aromatic nitrogens is 3. The molecule has 1 aromatic carbocycles. The van der Waals surface area contributed by atoms with Crippen molar-refractivity contribution in [3.63, 3.8) is 0 Å². The normalized spacial score (nSPS) is 16.6. The molecule has 27 heavy (non-hydrogen) atoms. The van der Waals surface area contributed by atoms with Crippen LogP contribution in [0, 0.1) is 5.82 Å². The number of halogens is 1. The van der Waals surface area contributed by atoms with Crippen LogP contribution in [0.25, 0.3) is 16.4 Å². The summed E-state index contributed by atoms with van der Waals surface area (Å²) < 4.78 is 15.1. The van der Waals surface area contributed by atoms with Gasteiger partial charge in [0.1, 0.15) is 11.9 Å². The molecule has 3 heterocycles. The first-order valence-electron chi connectivity index (χ1n) is 8.35. The Morgan fingerprint density at radius 2 is 2.11 bits per heavy atom. The van der Waals surface area contributed by atoms with E-state index in [4.69, 9.17) is 0 Å². The fourth-order valence-electron chi connectivity index (χ4n) is 3.15. The van der Waals surface area contributed by atoms with Gasteiger partial charge in [-0.25, -0.2) is 18.9 Å². The Kier molecular flexibility index (Phi) is 4.44. The number of rotatable bonds is 4. The van der Waals surface area contributed by atoms with E-state index in [0.29, 0.717) is 30.9 Å². The van der Waals surface area contributed by atoms with E-state index in [1.54, 1.807) is 12.1 Å². The molecule has 1 fully saturated rings. The average molecular weight is 386 g/mol. The molecule has 1 aliphatic rings. The molecule has 0 spiro atoms. The first-order chi connectivity index (χ1) is 13.0. The van der Waals surface area contributed by atoms with Gasteiger partial charge < -0.3 is 10.0 Å². The summed E-state index contributed by atoms with van der Waals surface area (Å²) >= 11 is 1.42. The molecular formula is C18H15FN4O3S. The highest BCUT2D eigenvalue weighted by Gasteiger charge is 2.36. The number of amides is 1. The third-order valence-electron chi connectivity index (χ3n) is 4.39. The number of carbonyl (C=O) groups is 2. The van der Waals surface area contributed by atoms with Crippen molar-refractivity contribution in [3.8, 4) is 16.4 Å². The molecule has 0 saturated carbocycles. The van der Waals surface area contributed by atoms with E-state index in [1.165, 1.54) is 33.1 Å². The Bertz CT molecular complexity index is 1000. The molecule has 2 aromatic heterocycles. The van der Waals surface area contributed by atoms with Crippen LogP contribution in [-0.2, 0) is 4.79 Å². The lowest BCUT2D eigenvalue weighted by Gasteiger charge is -2.19. The number of nitrogens with zero attached hydrogens (tertiary/aromatic N) is 4. The summed E-state index contributed by atoms with van der Waals surface area (Å²) in [5.74, 6) is -1.70. The van der Waals surface area contributed by atoms with Crippen molar-refractivity contribution in [1.82, 2.24) is 19.7 Å². The van der Waals surface area contributed by atoms with Gasteiger partial charge in [0.2, 0.25) is 5.82 Å². The molecular weight excluding hydrogens is 371 g/mol. The van der Waals surface area contributed by atoms with Gasteiger partial charge in [-0.1, -0.05) is 12.1 Å². The average Bonchev–Trinajstić information content (AvgIpc) is 3.40. The number of carboxylic acids is 1. The van der Waals surface area contributed by atoms with E-state index >= 15 is 0 Å². The largest absolute Gasteiger partial charge is 0.480 e. The summed E-state index contributed by atoms with van der Waals surface area (Å²) in [7, 11) is 0. The van der Waals surface area contributed by atoms with Gasteiger partial charge in [0.25, 0.3) is 5.91 Å². The van der Waals surface area contributed by atoms with Crippen molar-refractivity contribution in [2.24, 2.45) is 0 Å². The van der Waals surface area contributed by atoms with E-state index in [0.717, 1.165) is 4.88 Å². The van der Waals surface area contributed by atoms with Gasteiger partial charge in [-0.05, 0) is 42.5 Å². The zero-order chi connectivity index (χ0) is 19.0. The lowest BCUT2D eigenvalue weighted by atomic mass is 10.2. The molecule has 9 heteroatoms. The van der Waals surface area contributed by atoms with Crippen LogP contribution in [0.4, 0.5) is 4.39 Å². The van der Waals surface area contributed by atoms with Crippen molar-refractivity contribution in [1.29, 1.82) is 0 Å². The summed E-state index contributed by atoms with van der Waals surface area (Å²) in [5, 5.41) is 15.5. The van der Waals surface area contributed by atoms with E-state index in [9.17, 15) is 19.1 Å². The van der Waals surface area contributed by atoms with Gasteiger partial charge >= 0.3 is 5.97 Å². The van der Waals surface area contributed by atoms with Gasteiger partial charge in [-0.2, -0.15) is 0 Å². The summed E-state index contributed by atoms with van der Waals surface area (Å²) in [6.07, 6.45) is 1.02. The molecule has 0 aliphatic carbocycles. The minimum Gasteiger partial charge on any atom is -0.480 e. The minimum atomic E-state index is -1.04. The van der Waals surface area contributed by atoms with Crippen molar-refractivity contribution in [3.05, 3.63) is 53.4 Å². The second kappa shape index (κ2) is 6.92. The SMILES string of the molecule is O=C(O)[C@H]1CCCN1C(=O)c1nc(-c2cccs2)n(-c2cccc(F)c2)n1. The first kappa shape index (κ1) is 17.3. The fourth-order valence-corrected chi connectivity index (χ4v) is 3.85. The van der Waals surface area contributed by atoms with Crippen molar-refractivity contribution >= 4 is 23.2 Å². The van der Waals surface area contributed by atoms with Crippen LogP contribution in [0.15, 0.2) is 41.8 Å². The van der Waals surface area contributed by atoms with Crippen LogP contribution < -0.4 is 0 Å². The highest BCUT2D eigenvalue weighted by atomic mass is 32.1. The van der Waals surface area contributed by atoms with Crippen LogP contribution in [0.2, 0.25) is 0 Å². The van der Waals surface area contributed by atoms with Crippen molar-refractivity contribution in [2.75, 3.05) is 6.54 Å². The Morgan fingerprint density at radius 1 is 1.26 bits per heavy atom. The van der Waals surface area contributed by atoms with Crippen LogP contribution in [0.3, 0.4) is 0 Å². The molecule has 138 valence electrons. The van der Waals surface area contributed by atoms with E-state index in [-0.39, 0.29) is 5.82 Å². The van der Waals surface area contributed by atoms with E-state index in [1.807, 2.05) is 17.5 Å². The number of aliphatic carboxylic acids is 1. The molecule has 1 atom stereocenters. The molecule has 0 unspecified atom stereocenters. The number of carboxylic acid groups (broad SMARTS) is 1. The molecule has 1 saturated heterocycles. The third-order valence-corrected chi connectivity index (χ3v) is 5.26. The zero-order valence-electron chi connectivity index (χ0n) is 14.1. The monoisotopic (exact) mass is 386 g/mol. The van der Waals surface area contributed by atoms with E-state index < -0.39 is 23.7 Å². The summed E-state index contributed by atoms with van der Waals surface area (Å²) in [6.45, 7) is 0.346. The summed E-state index contributed by atoms with van der Waals surface area (Å²) in [4.78, 5) is 30.6. The molecule has 4 rings (SSSR count). The number of thiophene rings is 1. The molecule has 7 nitrogen and oxygen atoms in total. The van der Waals surface area contributed by atoms with Crippen LogP contribution in [-0.4, -0.2) is 49.2 Å². The number of likely N-dealkylation sites (tertiary alicyclic amines) is 1. The van der Waals surface area contributed by atoms with Gasteiger partial charge in [0.15, 0.2) is 5.82 Å². The second-order valence-electron chi connectivity index (χ2n) is 6.12. The number of carbonyl (C=O) groups excluding carboxylic acids is 1. The van der Waals surface area contributed by atoms with Gasteiger partial charge in [-0.15, -0.1) is 16.4 Å². The maximum absolute atomic E-state index is 13.7. The molecule has 1 aliphatic heterocycles. The highest BCUT2D eigenvalue weighted by molar-refractivity contribution is 7.13. The van der Waals surface area contributed by atoms with Crippen LogP contribution in [0.5, 0.6) is 0 Å². The molecule has 1 N–H and O–H groups in total. The van der Waals surface area contributed by atoms with Gasteiger partial charge in [0, 0.05) is 6.54 Å². The van der Waals surface area contributed by atoms with Gasteiger partial charge in [0.05, 0.1) is 10.6 Å². The van der Waals surface area contributed by atoms with Crippen molar-refractivity contribution < 1.29 is 19.1 Å². The lowest BCUT2D eigenvalue weighted by molar-refractivity contribution is -0.141. The Morgan fingerprint density at radius 3 is 2.81 bits per heavy atom. The molecule has 3 aromatic rings. The van der Waals surface area contributed by atoms with E-state index in [2.05, 4.69) is 10.1 Å². The number of hydrogen-bond acceptors (Lipinski definition) is 5. The summed E-state index contributed by atoms with van der Waals surface area (Å²) in [5.41, 5.74) is 0.432. The Hall–Kier alpha value is -3.07. The number of hydrogen-bond donors (Lipinski definition) is 1. The maximum Gasteiger partial charge on any atom is 0.326 e. The Balaban J connectivity index is 1.78. The quantitative estimate of drug-likeness (QED) is 0.745. The predicted octanol–water partition coefficient (Wildman–Crippen LogP) is 2.82. The lowest BCUT2D eigenvalue weighted by Crippen LogP contribution is -2.40. The smallest absolute Gasteiger partial charge is 0.326 e. The molecule has 0 bridgehead atoms. The van der Waals surface area contributed by atoms with Crippen molar-refractivity contribution in [2.45, 2.75) is 18.9 Å². The zero-order valence-corrected chi connectivity index (χ0v) is 14.9. The molecule has 1 amide bonds. The predicted molar refractivity (Wildman–Crippen MR) is 96.3 cm³/mol. The maximum atomic E-state index is 13.7. The fraction of sp³-hybridized carbons (Fsp3) is 0.222.